The Balaban J connectivity index is 1.52. The molecule has 5 rings (SSSR count). The monoisotopic (exact) mass is 355 g/mol. The molecule has 6 nitrogen and oxygen atoms in total. The maximum absolute atomic E-state index is 12.2. The predicted octanol–water partition coefficient (Wildman–Crippen LogP) is 2.77. The minimum atomic E-state index is -1.08. The van der Waals surface area contributed by atoms with Crippen LogP contribution in [0.3, 0.4) is 0 Å². The van der Waals surface area contributed by atoms with E-state index in [0.29, 0.717) is 11.3 Å². The highest BCUT2D eigenvalue weighted by atomic mass is 32.2. The second kappa shape index (κ2) is 4.71. The SMILES string of the molecule is O=C(O)C1=CS[C@@H]2C(=Cc3cn4c(n3)sc3ccccc34)C(=O)N12. The Morgan fingerprint density at radius 2 is 2.17 bits per heavy atom. The second-order valence-electron chi connectivity index (χ2n) is 5.46. The number of carbonyl (C=O) groups is 2. The number of imidazole rings is 1. The first-order valence-electron chi connectivity index (χ1n) is 7.14. The lowest BCUT2D eigenvalue weighted by Crippen LogP contribution is -2.51. The highest BCUT2D eigenvalue weighted by Crippen LogP contribution is 2.45. The van der Waals surface area contributed by atoms with Gasteiger partial charge < -0.3 is 5.11 Å². The number of hydrogen-bond donors (Lipinski definition) is 1. The molecule has 0 unspecified atom stereocenters. The average Bonchev–Trinajstić information content (AvgIpc) is 3.22. The van der Waals surface area contributed by atoms with Gasteiger partial charge >= 0.3 is 5.97 Å². The van der Waals surface area contributed by atoms with Gasteiger partial charge in [0.25, 0.3) is 5.91 Å². The molecule has 24 heavy (non-hydrogen) atoms. The molecule has 2 aliphatic heterocycles. The van der Waals surface area contributed by atoms with Crippen LogP contribution < -0.4 is 0 Å². The summed E-state index contributed by atoms with van der Waals surface area (Å²) in [5.41, 5.74) is 2.42. The summed E-state index contributed by atoms with van der Waals surface area (Å²) in [4.78, 5) is 30.1. The number of carboxylic acid groups (broad SMARTS) is 1. The largest absolute Gasteiger partial charge is 0.477 e. The number of aromatic nitrogens is 2. The molecule has 1 fully saturated rings. The molecule has 4 heterocycles. The third-order valence-electron chi connectivity index (χ3n) is 4.08. The van der Waals surface area contributed by atoms with Gasteiger partial charge in [-0.05, 0) is 18.2 Å². The third-order valence-corrected chi connectivity index (χ3v) is 6.19. The van der Waals surface area contributed by atoms with E-state index in [1.165, 1.54) is 22.1 Å². The van der Waals surface area contributed by atoms with Crippen molar-refractivity contribution >= 4 is 56.2 Å². The Bertz CT molecular complexity index is 1110. The normalized spacial score (nSPS) is 21.4. The molecule has 0 saturated carbocycles. The zero-order chi connectivity index (χ0) is 16.4. The molecule has 1 N–H and O–H groups in total. The fraction of sp³-hybridized carbons (Fsp3) is 0.0625. The Hall–Kier alpha value is -2.58. The van der Waals surface area contributed by atoms with Crippen LogP contribution in [0.4, 0.5) is 0 Å². The molecule has 3 aromatic rings. The van der Waals surface area contributed by atoms with Crippen LogP contribution in [0.15, 0.2) is 47.1 Å². The van der Waals surface area contributed by atoms with Gasteiger partial charge in [0.2, 0.25) is 0 Å². The number of benzene rings is 1. The molecule has 1 saturated heterocycles. The number of thioether (sulfide) groups is 1. The van der Waals surface area contributed by atoms with Crippen molar-refractivity contribution < 1.29 is 14.7 Å². The molecule has 0 spiro atoms. The smallest absolute Gasteiger partial charge is 0.353 e. The van der Waals surface area contributed by atoms with E-state index in [9.17, 15) is 9.59 Å². The molecular weight excluding hydrogens is 346 g/mol. The number of amides is 1. The number of aliphatic carboxylic acids is 1. The lowest BCUT2D eigenvalue weighted by atomic mass is 10.0. The molecule has 1 amide bonds. The van der Waals surface area contributed by atoms with Crippen LogP contribution in [0.25, 0.3) is 21.3 Å². The number of hydrogen-bond acceptors (Lipinski definition) is 5. The van der Waals surface area contributed by atoms with E-state index < -0.39 is 5.97 Å². The van der Waals surface area contributed by atoms with Crippen molar-refractivity contribution in [2.24, 2.45) is 0 Å². The molecule has 0 aliphatic carbocycles. The molecule has 118 valence electrons. The standard InChI is InChI=1S/C16H9N3O3S2/c20-13-9(14-19(13)11(7-23-14)15(21)22)5-8-6-18-10-3-1-2-4-12(10)24-16(18)17-8/h1-7,14H,(H,21,22)/t14-/m1/s1. The summed E-state index contributed by atoms with van der Waals surface area (Å²) in [5, 5.41) is 10.4. The van der Waals surface area contributed by atoms with Gasteiger partial charge in [0, 0.05) is 11.6 Å². The summed E-state index contributed by atoms with van der Waals surface area (Å²) < 4.78 is 3.17. The zero-order valence-corrected chi connectivity index (χ0v) is 13.7. The zero-order valence-electron chi connectivity index (χ0n) is 12.0. The van der Waals surface area contributed by atoms with E-state index in [4.69, 9.17) is 5.11 Å². The van der Waals surface area contributed by atoms with Crippen molar-refractivity contribution in [1.82, 2.24) is 14.3 Å². The molecular formula is C16H9N3O3S2. The maximum Gasteiger partial charge on any atom is 0.353 e. The second-order valence-corrected chi connectivity index (χ2v) is 7.42. The first kappa shape index (κ1) is 13.8. The first-order chi connectivity index (χ1) is 11.6. The van der Waals surface area contributed by atoms with Crippen LogP contribution in [0.1, 0.15) is 5.69 Å². The first-order valence-corrected chi connectivity index (χ1v) is 8.90. The highest BCUT2D eigenvalue weighted by Gasteiger charge is 2.49. The third kappa shape index (κ3) is 1.75. The van der Waals surface area contributed by atoms with Crippen molar-refractivity contribution in [2.45, 2.75) is 5.37 Å². The summed E-state index contributed by atoms with van der Waals surface area (Å²) in [6.07, 6.45) is 3.66. The van der Waals surface area contributed by atoms with Crippen LogP contribution in [0.5, 0.6) is 0 Å². The van der Waals surface area contributed by atoms with Gasteiger partial charge in [0.15, 0.2) is 4.96 Å². The van der Waals surface area contributed by atoms with Gasteiger partial charge in [-0.2, -0.15) is 0 Å². The van der Waals surface area contributed by atoms with Crippen LogP contribution >= 0.6 is 23.1 Å². The molecule has 0 radical (unpaired) electrons. The van der Waals surface area contributed by atoms with Gasteiger partial charge in [0.1, 0.15) is 11.1 Å². The minimum Gasteiger partial charge on any atom is -0.477 e. The van der Waals surface area contributed by atoms with Crippen LogP contribution in [-0.2, 0) is 9.59 Å². The lowest BCUT2D eigenvalue weighted by Gasteiger charge is -2.36. The Kier molecular flexibility index (Phi) is 2.71. The Morgan fingerprint density at radius 1 is 1.33 bits per heavy atom. The number of carbonyl (C=O) groups excluding carboxylic acids is 1. The fourth-order valence-electron chi connectivity index (χ4n) is 2.96. The summed E-state index contributed by atoms with van der Waals surface area (Å²) >= 11 is 2.93. The van der Waals surface area contributed by atoms with Crippen molar-refractivity contribution in [2.75, 3.05) is 0 Å². The highest BCUT2D eigenvalue weighted by molar-refractivity contribution is 8.03. The van der Waals surface area contributed by atoms with Crippen LogP contribution in [0.2, 0.25) is 0 Å². The lowest BCUT2D eigenvalue weighted by molar-refractivity contribution is -0.141. The average molecular weight is 355 g/mol. The van der Waals surface area contributed by atoms with Gasteiger partial charge in [0.05, 0.1) is 21.5 Å². The number of fused-ring (bicyclic) bond motifs is 4. The van der Waals surface area contributed by atoms with Crippen molar-refractivity contribution in [3.05, 3.63) is 52.8 Å². The van der Waals surface area contributed by atoms with Gasteiger partial charge in [-0.1, -0.05) is 23.5 Å². The van der Waals surface area contributed by atoms with E-state index in [1.54, 1.807) is 17.4 Å². The van der Waals surface area contributed by atoms with E-state index >= 15 is 0 Å². The van der Waals surface area contributed by atoms with Crippen molar-refractivity contribution in [3.8, 4) is 0 Å². The summed E-state index contributed by atoms with van der Waals surface area (Å²) in [6, 6.07) is 8.05. The summed E-state index contributed by atoms with van der Waals surface area (Å²) in [6.45, 7) is 0. The Morgan fingerprint density at radius 3 is 3.00 bits per heavy atom. The van der Waals surface area contributed by atoms with E-state index in [2.05, 4.69) is 11.1 Å². The van der Waals surface area contributed by atoms with Crippen LogP contribution in [-0.4, -0.2) is 36.6 Å². The fourth-order valence-corrected chi connectivity index (χ4v) is 5.09. The molecule has 8 heteroatoms. The predicted molar refractivity (Wildman–Crippen MR) is 92.5 cm³/mol. The number of carboxylic acids is 1. The molecule has 0 bridgehead atoms. The number of β-lactam (4-membered cyclic amide) rings is 1. The molecule has 1 aromatic carbocycles. The van der Waals surface area contributed by atoms with E-state index in [1.807, 2.05) is 28.8 Å². The van der Waals surface area contributed by atoms with Gasteiger partial charge in [-0.25, -0.2) is 9.78 Å². The van der Waals surface area contributed by atoms with Gasteiger partial charge in [-0.15, -0.1) is 11.8 Å². The van der Waals surface area contributed by atoms with Gasteiger partial charge in [-0.3, -0.25) is 14.1 Å². The van der Waals surface area contributed by atoms with Crippen molar-refractivity contribution in [3.63, 3.8) is 0 Å². The quantitative estimate of drug-likeness (QED) is 0.565. The number of thiazole rings is 1. The molecule has 2 aromatic heterocycles. The molecule has 2 aliphatic rings. The van der Waals surface area contributed by atoms with E-state index in [-0.39, 0.29) is 17.0 Å². The number of nitrogens with zero attached hydrogens (tertiary/aromatic N) is 3. The summed E-state index contributed by atoms with van der Waals surface area (Å²) in [5.74, 6) is -1.34. The Labute approximate surface area is 143 Å². The van der Waals surface area contributed by atoms with E-state index in [0.717, 1.165) is 15.2 Å². The summed E-state index contributed by atoms with van der Waals surface area (Å²) in [7, 11) is 0. The van der Waals surface area contributed by atoms with Crippen molar-refractivity contribution in [1.29, 1.82) is 0 Å². The van der Waals surface area contributed by atoms with Crippen LogP contribution in [0, 0.1) is 0 Å². The number of para-hydroxylation sites is 1. The topological polar surface area (TPSA) is 74.9 Å². The maximum atomic E-state index is 12.2. The minimum absolute atomic E-state index is 0.0453. The molecule has 1 atom stereocenters. The number of rotatable bonds is 2.